The molecular weight excluding hydrogens is 200 g/mol. The van der Waals surface area contributed by atoms with Crippen LogP contribution in [0.4, 0.5) is 11.8 Å². The van der Waals surface area contributed by atoms with Crippen molar-refractivity contribution < 1.29 is 4.21 Å². The fraction of sp³-hybridized carbons (Fsp3) is 0.200. The summed E-state index contributed by atoms with van der Waals surface area (Å²) in [7, 11) is -1.28. The Morgan fingerprint density at radius 3 is 3.25 bits per heavy atom. The number of nitrogens with two attached hydrogens (primary N) is 1. The van der Waals surface area contributed by atoms with Crippen LogP contribution in [0, 0.1) is 0 Å². The van der Waals surface area contributed by atoms with Gasteiger partial charge in [0.1, 0.15) is 10.7 Å². The van der Waals surface area contributed by atoms with Gasteiger partial charge in [0.15, 0.2) is 4.83 Å². The van der Waals surface area contributed by atoms with Crippen LogP contribution in [0.3, 0.4) is 0 Å². The third-order valence-corrected chi connectivity index (χ3v) is 3.25. The normalized spacial score (nSPS) is 26.4. The van der Waals surface area contributed by atoms with Crippen LogP contribution in [-0.2, 0) is 10.8 Å². The minimum absolute atomic E-state index is 0.143. The minimum atomic E-state index is -1.28. The van der Waals surface area contributed by atoms with Crippen molar-refractivity contribution in [3.05, 3.63) is 6.20 Å². The first kappa shape index (κ1) is 7.75. The zero-order valence-electron chi connectivity index (χ0n) is 5.82. The SMILES string of the molecule is Nc1ncc2c(n1)N[C@H](Cl)[S@]2=O. The van der Waals surface area contributed by atoms with Crippen LogP contribution >= 0.6 is 11.6 Å². The summed E-state index contributed by atoms with van der Waals surface area (Å²) in [5.74, 6) is 0.602. The molecule has 0 aromatic carbocycles. The predicted molar refractivity (Wildman–Crippen MR) is 46.1 cm³/mol. The maximum Gasteiger partial charge on any atom is 0.222 e. The number of fused-ring (bicyclic) bond motifs is 1. The molecule has 1 aromatic rings. The molecule has 2 atom stereocenters. The van der Waals surface area contributed by atoms with Crippen molar-refractivity contribution >= 4 is 34.2 Å². The molecule has 12 heavy (non-hydrogen) atoms. The highest BCUT2D eigenvalue weighted by Crippen LogP contribution is 2.29. The molecule has 7 heteroatoms. The molecule has 0 saturated carbocycles. The van der Waals surface area contributed by atoms with Crippen LogP contribution in [0.2, 0.25) is 0 Å². The van der Waals surface area contributed by atoms with E-state index in [1.54, 1.807) is 0 Å². The molecule has 5 nitrogen and oxygen atoms in total. The van der Waals surface area contributed by atoms with Crippen molar-refractivity contribution in [2.24, 2.45) is 0 Å². The molecule has 0 aliphatic carbocycles. The highest BCUT2D eigenvalue weighted by Gasteiger charge is 2.28. The minimum Gasteiger partial charge on any atom is -0.368 e. The topological polar surface area (TPSA) is 80.9 Å². The maximum atomic E-state index is 11.3. The summed E-state index contributed by atoms with van der Waals surface area (Å²) >= 11 is 5.66. The molecule has 0 saturated heterocycles. The van der Waals surface area contributed by atoms with E-state index in [9.17, 15) is 4.21 Å². The number of nitrogens with one attached hydrogen (secondary N) is 1. The fourth-order valence-electron chi connectivity index (χ4n) is 0.908. The van der Waals surface area contributed by atoms with Gasteiger partial charge in [0.2, 0.25) is 5.95 Å². The molecular formula is C5H5ClN4OS. The van der Waals surface area contributed by atoms with Crippen molar-refractivity contribution in [3.63, 3.8) is 0 Å². The van der Waals surface area contributed by atoms with Crippen LogP contribution in [0.15, 0.2) is 11.1 Å². The van der Waals surface area contributed by atoms with E-state index in [0.29, 0.717) is 10.7 Å². The van der Waals surface area contributed by atoms with E-state index in [2.05, 4.69) is 15.3 Å². The maximum absolute atomic E-state index is 11.3. The molecule has 0 amide bonds. The van der Waals surface area contributed by atoms with E-state index < -0.39 is 15.6 Å². The zero-order chi connectivity index (χ0) is 8.72. The first-order valence-electron chi connectivity index (χ1n) is 3.12. The van der Waals surface area contributed by atoms with Crippen molar-refractivity contribution in [1.29, 1.82) is 0 Å². The van der Waals surface area contributed by atoms with E-state index in [4.69, 9.17) is 17.3 Å². The van der Waals surface area contributed by atoms with E-state index in [-0.39, 0.29) is 5.95 Å². The standard InChI is InChI=1S/C5H5ClN4OS/c6-4-9-3-2(12(4)11)1-8-5(7)10-3/h1,4H,(H3,7,8,9,10)/t4-,12-/m0/s1. The van der Waals surface area contributed by atoms with Gasteiger partial charge in [0.25, 0.3) is 0 Å². The highest BCUT2D eigenvalue weighted by molar-refractivity contribution is 7.87. The molecule has 1 aromatic heterocycles. The Morgan fingerprint density at radius 2 is 2.50 bits per heavy atom. The summed E-state index contributed by atoms with van der Waals surface area (Å²) in [6.45, 7) is 0. The number of alkyl halides is 1. The largest absolute Gasteiger partial charge is 0.368 e. The molecule has 3 N–H and O–H groups in total. The molecule has 0 radical (unpaired) electrons. The smallest absolute Gasteiger partial charge is 0.222 e. The average Bonchev–Trinajstić information content (AvgIpc) is 2.28. The lowest BCUT2D eigenvalue weighted by molar-refractivity contribution is 0.684. The van der Waals surface area contributed by atoms with Gasteiger partial charge in [-0.05, 0) is 0 Å². The molecule has 0 unspecified atom stereocenters. The molecule has 2 rings (SSSR count). The first-order chi connectivity index (χ1) is 5.68. The van der Waals surface area contributed by atoms with Crippen molar-refractivity contribution in [1.82, 2.24) is 9.97 Å². The van der Waals surface area contributed by atoms with Crippen LogP contribution in [0.25, 0.3) is 0 Å². The van der Waals surface area contributed by atoms with E-state index in [1.165, 1.54) is 6.20 Å². The monoisotopic (exact) mass is 204 g/mol. The van der Waals surface area contributed by atoms with Crippen molar-refractivity contribution in [2.75, 3.05) is 11.1 Å². The average molecular weight is 205 g/mol. The van der Waals surface area contributed by atoms with Gasteiger partial charge < -0.3 is 11.1 Å². The molecule has 0 bridgehead atoms. The Balaban J connectivity index is 2.54. The van der Waals surface area contributed by atoms with Gasteiger partial charge in [0, 0.05) is 0 Å². The van der Waals surface area contributed by atoms with Crippen LogP contribution in [0.5, 0.6) is 0 Å². The third kappa shape index (κ3) is 1.03. The Bertz CT molecular complexity index is 357. The Labute approximate surface area is 75.8 Å². The molecule has 1 aliphatic rings. The molecule has 2 heterocycles. The van der Waals surface area contributed by atoms with Crippen LogP contribution in [-0.4, -0.2) is 19.0 Å². The summed E-state index contributed by atoms with van der Waals surface area (Å²) in [4.78, 5) is 7.42. The van der Waals surface area contributed by atoms with E-state index >= 15 is 0 Å². The lowest BCUT2D eigenvalue weighted by Crippen LogP contribution is -2.08. The number of nitrogen functional groups attached to an aromatic ring is 1. The van der Waals surface area contributed by atoms with Crippen LogP contribution in [0.1, 0.15) is 0 Å². The van der Waals surface area contributed by atoms with Gasteiger partial charge in [-0.1, -0.05) is 11.6 Å². The van der Waals surface area contributed by atoms with Crippen molar-refractivity contribution in [3.8, 4) is 0 Å². The number of hydrogen-bond acceptors (Lipinski definition) is 5. The number of hydrogen-bond donors (Lipinski definition) is 2. The summed E-state index contributed by atoms with van der Waals surface area (Å²) < 4.78 is 11.3. The Hall–Kier alpha value is -0.880. The van der Waals surface area contributed by atoms with Gasteiger partial charge in [-0.25, -0.2) is 4.98 Å². The molecule has 64 valence electrons. The Kier molecular flexibility index (Phi) is 1.66. The van der Waals surface area contributed by atoms with Gasteiger partial charge in [-0.2, -0.15) is 4.98 Å². The number of anilines is 2. The lowest BCUT2D eigenvalue weighted by Gasteiger charge is -1.96. The lowest BCUT2D eigenvalue weighted by atomic mass is 10.6. The predicted octanol–water partition coefficient (Wildman–Crippen LogP) is 0.114. The quantitative estimate of drug-likeness (QED) is 0.463. The van der Waals surface area contributed by atoms with Gasteiger partial charge in [-0.15, -0.1) is 0 Å². The first-order valence-corrected chi connectivity index (χ1v) is 4.77. The number of aromatic nitrogens is 2. The summed E-state index contributed by atoms with van der Waals surface area (Å²) in [6, 6.07) is 0. The number of nitrogens with zero attached hydrogens (tertiary/aromatic N) is 2. The molecule has 0 spiro atoms. The highest BCUT2D eigenvalue weighted by atomic mass is 35.5. The van der Waals surface area contributed by atoms with Crippen molar-refractivity contribution in [2.45, 2.75) is 9.73 Å². The summed E-state index contributed by atoms with van der Waals surface area (Å²) in [6.07, 6.45) is 1.42. The fourth-order valence-corrected chi connectivity index (χ4v) is 2.19. The number of rotatable bonds is 0. The Morgan fingerprint density at radius 1 is 1.75 bits per heavy atom. The van der Waals surface area contributed by atoms with Gasteiger partial charge in [-0.3, -0.25) is 4.21 Å². The third-order valence-electron chi connectivity index (χ3n) is 1.43. The molecule has 0 fully saturated rings. The number of halogens is 1. The van der Waals surface area contributed by atoms with E-state index in [0.717, 1.165) is 0 Å². The summed E-state index contributed by atoms with van der Waals surface area (Å²) in [5.41, 5.74) is 5.32. The van der Waals surface area contributed by atoms with E-state index in [1.807, 2.05) is 0 Å². The second-order valence-corrected chi connectivity index (χ2v) is 4.40. The zero-order valence-corrected chi connectivity index (χ0v) is 7.39. The van der Waals surface area contributed by atoms with Gasteiger partial charge >= 0.3 is 0 Å². The second-order valence-electron chi connectivity index (χ2n) is 2.20. The second kappa shape index (κ2) is 2.56. The summed E-state index contributed by atoms with van der Waals surface area (Å²) in [5, 5.41) is 2.72. The van der Waals surface area contributed by atoms with Crippen LogP contribution < -0.4 is 11.1 Å². The molecule has 1 aliphatic heterocycles. The van der Waals surface area contributed by atoms with Gasteiger partial charge in [0.05, 0.1) is 17.0 Å².